The molecule has 1 saturated heterocycles. The molecule has 0 atom stereocenters. The molecule has 4 aromatic rings. The van der Waals surface area contributed by atoms with E-state index in [-0.39, 0.29) is 24.0 Å². The number of fused-ring (bicyclic) bond motifs is 1. The van der Waals surface area contributed by atoms with E-state index in [4.69, 9.17) is 4.42 Å². The van der Waals surface area contributed by atoms with Crippen molar-refractivity contribution in [3.05, 3.63) is 89.7 Å². The van der Waals surface area contributed by atoms with E-state index in [0.717, 1.165) is 54.9 Å². The standard InChI is InChI=1S/C30H32N4O3/c1-3-33-14-16-34(17-15-33)25-12-13-26(21(2)18-25)32-29(35)19-22-8-10-24(11-9-22)31-30(36)28-20-23-6-4-5-7-27(23)37-28/h4-13,18,20H,3,14-17,19H2,1-2H3,(H,31,36)(H,32,35). The van der Waals surface area contributed by atoms with Crippen molar-refractivity contribution in [3.8, 4) is 0 Å². The molecule has 0 unspecified atom stereocenters. The van der Waals surface area contributed by atoms with Crippen LogP contribution in [0.25, 0.3) is 11.0 Å². The Bertz CT molecular complexity index is 1370. The maximum absolute atomic E-state index is 12.7. The second-order valence-electron chi connectivity index (χ2n) is 9.45. The molecule has 1 aromatic heterocycles. The first kappa shape index (κ1) is 24.6. The van der Waals surface area contributed by atoms with Gasteiger partial charge in [-0.05, 0) is 67.1 Å². The molecule has 190 valence electrons. The molecule has 1 aliphatic rings. The number of aryl methyl sites for hydroxylation is 1. The van der Waals surface area contributed by atoms with Crippen molar-refractivity contribution in [3.63, 3.8) is 0 Å². The number of furan rings is 1. The van der Waals surface area contributed by atoms with Crippen molar-refractivity contribution in [1.29, 1.82) is 0 Å². The average molecular weight is 497 g/mol. The minimum absolute atomic E-state index is 0.0773. The van der Waals surface area contributed by atoms with E-state index in [9.17, 15) is 9.59 Å². The molecule has 2 amide bonds. The molecule has 0 saturated carbocycles. The highest BCUT2D eigenvalue weighted by Crippen LogP contribution is 2.24. The summed E-state index contributed by atoms with van der Waals surface area (Å²) in [5.74, 6) is -0.131. The molecular weight excluding hydrogens is 464 g/mol. The fourth-order valence-electron chi connectivity index (χ4n) is 4.68. The lowest BCUT2D eigenvalue weighted by Crippen LogP contribution is -2.46. The second-order valence-corrected chi connectivity index (χ2v) is 9.45. The van der Waals surface area contributed by atoms with Gasteiger partial charge in [-0.2, -0.15) is 0 Å². The van der Waals surface area contributed by atoms with Crippen LogP contribution in [0.4, 0.5) is 17.1 Å². The lowest BCUT2D eigenvalue weighted by Gasteiger charge is -2.35. The highest BCUT2D eigenvalue weighted by Gasteiger charge is 2.17. The van der Waals surface area contributed by atoms with E-state index < -0.39 is 0 Å². The normalized spacial score (nSPS) is 14.1. The summed E-state index contributed by atoms with van der Waals surface area (Å²) >= 11 is 0. The SMILES string of the molecule is CCN1CCN(c2ccc(NC(=O)Cc3ccc(NC(=O)c4cc5ccccc5o4)cc3)c(C)c2)CC1. The van der Waals surface area contributed by atoms with Gasteiger partial charge in [0.15, 0.2) is 5.76 Å². The molecule has 1 aliphatic heterocycles. The smallest absolute Gasteiger partial charge is 0.291 e. The molecule has 3 aromatic carbocycles. The number of amides is 2. The van der Waals surface area contributed by atoms with Crippen molar-refractivity contribution < 1.29 is 14.0 Å². The van der Waals surface area contributed by atoms with Crippen LogP contribution in [0.5, 0.6) is 0 Å². The van der Waals surface area contributed by atoms with Crippen LogP contribution in [0.15, 0.2) is 77.2 Å². The Morgan fingerprint density at radius 1 is 0.892 bits per heavy atom. The number of anilines is 3. The number of nitrogens with one attached hydrogen (secondary N) is 2. The quantitative estimate of drug-likeness (QED) is 0.362. The van der Waals surface area contributed by atoms with Gasteiger partial charge < -0.3 is 24.9 Å². The number of hydrogen-bond acceptors (Lipinski definition) is 5. The average Bonchev–Trinajstić information content (AvgIpc) is 3.36. The third-order valence-electron chi connectivity index (χ3n) is 6.89. The second kappa shape index (κ2) is 10.9. The number of likely N-dealkylation sites (N-methyl/N-ethyl adjacent to an activating group) is 1. The Balaban J connectivity index is 1.15. The van der Waals surface area contributed by atoms with Crippen LogP contribution < -0.4 is 15.5 Å². The summed E-state index contributed by atoms with van der Waals surface area (Å²) in [6.45, 7) is 9.53. The fourth-order valence-corrected chi connectivity index (χ4v) is 4.68. The summed E-state index contributed by atoms with van der Waals surface area (Å²) in [6.07, 6.45) is 0.248. The van der Waals surface area contributed by atoms with Gasteiger partial charge in [0, 0.05) is 48.6 Å². The van der Waals surface area contributed by atoms with Crippen molar-refractivity contribution in [2.75, 3.05) is 48.3 Å². The van der Waals surface area contributed by atoms with Crippen molar-refractivity contribution in [2.24, 2.45) is 0 Å². The van der Waals surface area contributed by atoms with E-state index in [2.05, 4.69) is 39.5 Å². The first-order chi connectivity index (χ1) is 18.0. The van der Waals surface area contributed by atoms with Crippen LogP contribution in [-0.4, -0.2) is 49.4 Å². The zero-order valence-electron chi connectivity index (χ0n) is 21.3. The van der Waals surface area contributed by atoms with Crippen LogP contribution in [0.2, 0.25) is 0 Å². The van der Waals surface area contributed by atoms with E-state index in [1.54, 1.807) is 18.2 Å². The van der Waals surface area contributed by atoms with Crippen LogP contribution in [0.1, 0.15) is 28.6 Å². The first-order valence-electron chi connectivity index (χ1n) is 12.7. The zero-order chi connectivity index (χ0) is 25.8. The molecule has 37 heavy (non-hydrogen) atoms. The maximum Gasteiger partial charge on any atom is 0.291 e. The van der Waals surface area contributed by atoms with Crippen LogP contribution >= 0.6 is 0 Å². The first-order valence-corrected chi connectivity index (χ1v) is 12.7. The summed E-state index contributed by atoms with van der Waals surface area (Å²) in [5, 5.41) is 6.77. The summed E-state index contributed by atoms with van der Waals surface area (Å²) in [7, 11) is 0. The number of carbonyl (C=O) groups is 2. The van der Waals surface area contributed by atoms with Crippen LogP contribution in [-0.2, 0) is 11.2 Å². The van der Waals surface area contributed by atoms with Crippen LogP contribution in [0.3, 0.4) is 0 Å². The number of carbonyl (C=O) groups excluding carboxylic acids is 2. The van der Waals surface area contributed by atoms with E-state index in [0.29, 0.717) is 11.3 Å². The van der Waals surface area contributed by atoms with Gasteiger partial charge in [-0.15, -0.1) is 0 Å². The highest BCUT2D eigenvalue weighted by atomic mass is 16.3. The molecule has 5 rings (SSSR count). The van der Waals surface area contributed by atoms with E-state index >= 15 is 0 Å². The largest absolute Gasteiger partial charge is 0.451 e. The van der Waals surface area contributed by atoms with Gasteiger partial charge in [-0.3, -0.25) is 9.59 Å². The third kappa shape index (κ3) is 5.84. The monoisotopic (exact) mass is 496 g/mol. The number of nitrogens with zero attached hydrogens (tertiary/aromatic N) is 2. The molecule has 0 bridgehead atoms. The van der Waals surface area contributed by atoms with E-state index in [1.165, 1.54) is 5.69 Å². The highest BCUT2D eigenvalue weighted by molar-refractivity contribution is 6.04. The number of rotatable bonds is 7. The zero-order valence-corrected chi connectivity index (χ0v) is 21.3. The molecule has 0 radical (unpaired) electrons. The lowest BCUT2D eigenvalue weighted by molar-refractivity contribution is -0.115. The molecule has 0 spiro atoms. The Morgan fingerprint density at radius 2 is 1.65 bits per heavy atom. The fraction of sp³-hybridized carbons (Fsp3) is 0.267. The molecule has 2 heterocycles. The van der Waals surface area contributed by atoms with Gasteiger partial charge in [-0.25, -0.2) is 0 Å². The number of benzene rings is 3. The number of piperazine rings is 1. The minimum atomic E-state index is -0.312. The Kier molecular flexibility index (Phi) is 7.23. The summed E-state index contributed by atoms with van der Waals surface area (Å²) in [4.78, 5) is 30.1. The molecule has 1 fully saturated rings. The number of hydrogen-bond donors (Lipinski definition) is 2. The topological polar surface area (TPSA) is 77.8 Å². The molecular formula is C30H32N4O3. The van der Waals surface area contributed by atoms with Gasteiger partial charge in [0.25, 0.3) is 5.91 Å². The molecule has 7 heteroatoms. The summed E-state index contributed by atoms with van der Waals surface area (Å²) in [6, 6.07) is 22.7. The van der Waals surface area contributed by atoms with E-state index in [1.807, 2.05) is 49.4 Å². The molecule has 0 aliphatic carbocycles. The predicted molar refractivity (Wildman–Crippen MR) is 148 cm³/mol. The Labute approximate surface area is 217 Å². The van der Waals surface area contributed by atoms with Gasteiger partial charge >= 0.3 is 0 Å². The number of para-hydroxylation sites is 1. The lowest BCUT2D eigenvalue weighted by atomic mass is 10.1. The summed E-state index contributed by atoms with van der Waals surface area (Å²) < 4.78 is 5.63. The van der Waals surface area contributed by atoms with Gasteiger partial charge in [-0.1, -0.05) is 37.3 Å². The van der Waals surface area contributed by atoms with Gasteiger partial charge in [0.05, 0.1) is 6.42 Å². The summed E-state index contributed by atoms with van der Waals surface area (Å²) in [5.41, 5.74) is 5.26. The molecule has 2 N–H and O–H groups in total. The molecule has 7 nitrogen and oxygen atoms in total. The van der Waals surface area contributed by atoms with Crippen LogP contribution in [0, 0.1) is 6.92 Å². The predicted octanol–water partition coefficient (Wildman–Crippen LogP) is 5.32. The third-order valence-corrected chi connectivity index (χ3v) is 6.89. The maximum atomic E-state index is 12.7. The van der Waals surface area contributed by atoms with Gasteiger partial charge in [0.1, 0.15) is 5.58 Å². The Hall–Kier alpha value is -4.10. The van der Waals surface area contributed by atoms with Crippen molar-refractivity contribution in [2.45, 2.75) is 20.3 Å². The minimum Gasteiger partial charge on any atom is -0.451 e. The van der Waals surface area contributed by atoms with Crippen molar-refractivity contribution in [1.82, 2.24) is 4.90 Å². The van der Waals surface area contributed by atoms with Crippen molar-refractivity contribution >= 4 is 39.8 Å². The van der Waals surface area contributed by atoms with Gasteiger partial charge in [0.2, 0.25) is 5.91 Å². The Morgan fingerprint density at radius 3 is 2.35 bits per heavy atom.